The van der Waals surface area contributed by atoms with E-state index in [0.29, 0.717) is 46.6 Å². The Morgan fingerprint density at radius 3 is 2.26 bits per heavy atom. The fourth-order valence-corrected chi connectivity index (χ4v) is 3.81. The van der Waals surface area contributed by atoms with Gasteiger partial charge in [0.25, 0.3) is 5.91 Å². The number of hydrogen-bond donors (Lipinski definition) is 0. The summed E-state index contributed by atoms with van der Waals surface area (Å²) in [7, 11) is 3.19. The second-order valence-electron chi connectivity index (χ2n) is 7.27. The minimum atomic E-state index is -0.0418. The van der Waals surface area contributed by atoms with Crippen molar-refractivity contribution in [3.63, 3.8) is 0 Å². The first-order valence-electron chi connectivity index (χ1n) is 9.92. The Morgan fingerprint density at radius 1 is 0.903 bits per heavy atom. The van der Waals surface area contributed by atoms with Gasteiger partial charge in [-0.15, -0.1) is 0 Å². The number of ether oxygens (including phenoxy) is 2. The van der Waals surface area contributed by atoms with Gasteiger partial charge in [-0.2, -0.15) is 0 Å². The van der Waals surface area contributed by atoms with Crippen LogP contribution in [-0.2, 0) is 13.0 Å². The maximum absolute atomic E-state index is 13.3. The van der Waals surface area contributed by atoms with Crippen LogP contribution in [0.4, 0.5) is 0 Å². The van der Waals surface area contributed by atoms with Gasteiger partial charge in [0.1, 0.15) is 0 Å². The molecule has 0 unspecified atom stereocenters. The molecule has 0 saturated carbocycles. The Labute approximate surface area is 193 Å². The van der Waals surface area contributed by atoms with Crippen molar-refractivity contribution in [3.8, 4) is 11.5 Å². The molecule has 0 aliphatic carbocycles. The first kappa shape index (κ1) is 23.0. The van der Waals surface area contributed by atoms with Crippen molar-refractivity contribution in [1.29, 1.82) is 0 Å². The van der Waals surface area contributed by atoms with Gasteiger partial charge in [-0.05, 0) is 60.9 Å². The van der Waals surface area contributed by atoms with Gasteiger partial charge in [-0.3, -0.25) is 4.79 Å². The molecular weight excluding hydrogens is 433 g/mol. The number of halogens is 2. The van der Waals surface area contributed by atoms with Crippen LogP contribution < -0.4 is 9.47 Å². The van der Waals surface area contributed by atoms with Crippen molar-refractivity contribution < 1.29 is 14.3 Å². The summed E-state index contributed by atoms with van der Waals surface area (Å²) in [6, 6.07) is 18.7. The minimum absolute atomic E-state index is 0.0418. The molecule has 3 aromatic rings. The van der Waals surface area contributed by atoms with Crippen molar-refractivity contribution in [2.45, 2.75) is 19.9 Å². The molecule has 0 atom stereocenters. The predicted octanol–water partition coefficient (Wildman–Crippen LogP) is 6.20. The van der Waals surface area contributed by atoms with Gasteiger partial charge >= 0.3 is 0 Å². The number of rotatable bonds is 8. The number of nitrogens with zero attached hydrogens (tertiary/aromatic N) is 1. The summed E-state index contributed by atoms with van der Waals surface area (Å²) in [6.45, 7) is 2.93. The highest BCUT2D eigenvalue weighted by Crippen LogP contribution is 2.28. The van der Waals surface area contributed by atoms with Crippen LogP contribution >= 0.6 is 23.2 Å². The SMILES string of the molecule is COc1ccc(CN(CCc2ccc(Cl)cc2Cl)C(=O)c2ccc(C)cc2)cc1OC. The van der Waals surface area contributed by atoms with E-state index in [-0.39, 0.29) is 5.91 Å². The summed E-state index contributed by atoms with van der Waals surface area (Å²) >= 11 is 12.4. The molecule has 0 aliphatic rings. The van der Waals surface area contributed by atoms with Crippen LogP contribution in [-0.4, -0.2) is 31.6 Å². The van der Waals surface area contributed by atoms with E-state index in [9.17, 15) is 4.79 Å². The molecular formula is C25H25Cl2NO3. The number of amides is 1. The van der Waals surface area contributed by atoms with Crippen LogP contribution in [0, 0.1) is 6.92 Å². The first-order chi connectivity index (χ1) is 14.9. The maximum atomic E-state index is 13.3. The van der Waals surface area contributed by atoms with Crippen molar-refractivity contribution in [2.75, 3.05) is 20.8 Å². The van der Waals surface area contributed by atoms with Gasteiger partial charge in [0.2, 0.25) is 0 Å². The molecule has 6 heteroatoms. The number of carbonyl (C=O) groups excluding carboxylic acids is 1. The Balaban J connectivity index is 1.86. The normalized spacial score (nSPS) is 10.6. The molecule has 162 valence electrons. The number of benzene rings is 3. The first-order valence-corrected chi connectivity index (χ1v) is 10.7. The summed E-state index contributed by atoms with van der Waals surface area (Å²) in [5.41, 5.74) is 3.64. The van der Waals surface area contributed by atoms with Crippen LogP contribution in [0.25, 0.3) is 0 Å². The van der Waals surface area contributed by atoms with Gasteiger partial charge in [0.05, 0.1) is 14.2 Å². The van der Waals surface area contributed by atoms with Crippen molar-refractivity contribution >= 4 is 29.1 Å². The zero-order valence-corrected chi connectivity index (χ0v) is 19.3. The van der Waals surface area contributed by atoms with E-state index in [4.69, 9.17) is 32.7 Å². The smallest absolute Gasteiger partial charge is 0.254 e. The lowest BCUT2D eigenvalue weighted by Gasteiger charge is -2.24. The average molecular weight is 458 g/mol. The fourth-order valence-electron chi connectivity index (χ4n) is 3.31. The quantitative estimate of drug-likeness (QED) is 0.403. The number of aryl methyl sites for hydroxylation is 1. The zero-order valence-electron chi connectivity index (χ0n) is 17.8. The fraction of sp³-hybridized carbons (Fsp3) is 0.240. The lowest BCUT2D eigenvalue weighted by molar-refractivity contribution is 0.0745. The number of hydrogen-bond acceptors (Lipinski definition) is 3. The van der Waals surface area contributed by atoms with E-state index < -0.39 is 0 Å². The molecule has 0 N–H and O–H groups in total. The van der Waals surface area contributed by atoms with Gasteiger partial charge in [0.15, 0.2) is 11.5 Å². The molecule has 3 aromatic carbocycles. The molecule has 0 bridgehead atoms. The van der Waals surface area contributed by atoms with E-state index in [1.807, 2.05) is 66.4 Å². The van der Waals surface area contributed by atoms with Gasteiger partial charge < -0.3 is 14.4 Å². The molecule has 4 nitrogen and oxygen atoms in total. The third-order valence-electron chi connectivity index (χ3n) is 5.07. The Morgan fingerprint density at radius 2 is 1.61 bits per heavy atom. The summed E-state index contributed by atoms with van der Waals surface area (Å²) < 4.78 is 10.7. The van der Waals surface area contributed by atoms with Crippen LogP contribution in [0.1, 0.15) is 27.0 Å². The molecule has 0 spiro atoms. The molecule has 1 amide bonds. The standard InChI is InChI=1S/C25H25Cl2NO3/c1-17-4-7-20(8-5-17)25(29)28(13-12-19-9-10-21(26)15-22(19)27)16-18-6-11-23(30-2)24(14-18)31-3/h4-11,14-15H,12-13,16H2,1-3H3. The summed E-state index contributed by atoms with van der Waals surface area (Å²) in [4.78, 5) is 15.1. The van der Waals surface area contributed by atoms with Crippen LogP contribution in [0.3, 0.4) is 0 Å². The van der Waals surface area contributed by atoms with E-state index in [0.717, 1.165) is 16.7 Å². The van der Waals surface area contributed by atoms with Crippen molar-refractivity contribution in [2.24, 2.45) is 0 Å². The third-order valence-corrected chi connectivity index (χ3v) is 5.66. The van der Waals surface area contributed by atoms with Gasteiger partial charge in [-0.1, -0.05) is 53.0 Å². The molecule has 3 rings (SSSR count). The minimum Gasteiger partial charge on any atom is -0.493 e. The number of methoxy groups -OCH3 is 2. The molecule has 0 saturated heterocycles. The molecule has 0 aliphatic heterocycles. The predicted molar refractivity (Wildman–Crippen MR) is 126 cm³/mol. The highest BCUT2D eigenvalue weighted by molar-refractivity contribution is 6.35. The Bertz CT molecular complexity index is 1050. The highest BCUT2D eigenvalue weighted by Gasteiger charge is 2.18. The molecule has 0 fully saturated rings. The average Bonchev–Trinajstić information content (AvgIpc) is 2.77. The molecule has 0 aromatic heterocycles. The zero-order chi connectivity index (χ0) is 22.4. The monoisotopic (exact) mass is 457 g/mol. The van der Waals surface area contributed by atoms with E-state index in [2.05, 4.69) is 0 Å². The van der Waals surface area contributed by atoms with E-state index >= 15 is 0 Å². The Hall–Kier alpha value is -2.69. The van der Waals surface area contributed by atoms with Crippen LogP contribution in [0.15, 0.2) is 60.7 Å². The maximum Gasteiger partial charge on any atom is 0.254 e. The summed E-state index contributed by atoms with van der Waals surface area (Å²) in [5.74, 6) is 1.24. The van der Waals surface area contributed by atoms with Gasteiger partial charge in [0, 0.05) is 28.7 Å². The molecule has 0 heterocycles. The van der Waals surface area contributed by atoms with E-state index in [1.165, 1.54) is 0 Å². The van der Waals surface area contributed by atoms with Crippen molar-refractivity contribution in [3.05, 3.63) is 93.0 Å². The number of carbonyl (C=O) groups is 1. The van der Waals surface area contributed by atoms with Crippen LogP contribution in [0.5, 0.6) is 11.5 Å². The second kappa shape index (κ2) is 10.6. The molecule has 31 heavy (non-hydrogen) atoms. The third kappa shape index (κ3) is 5.93. The highest BCUT2D eigenvalue weighted by atomic mass is 35.5. The summed E-state index contributed by atoms with van der Waals surface area (Å²) in [5, 5.41) is 1.19. The lowest BCUT2D eigenvalue weighted by Crippen LogP contribution is -2.32. The topological polar surface area (TPSA) is 38.8 Å². The Kier molecular flexibility index (Phi) is 7.83. The van der Waals surface area contributed by atoms with E-state index in [1.54, 1.807) is 20.3 Å². The van der Waals surface area contributed by atoms with Crippen molar-refractivity contribution in [1.82, 2.24) is 4.90 Å². The largest absolute Gasteiger partial charge is 0.493 e. The second-order valence-corrected chi connectivity index (χ2v) is 8.11. The molecule has 0 radical (unpaired) electrons. The van der Waals surface area contributed by atoms with Crippen LogP contribution in [0.2, 0.25) is 10.0 Å². The van der Waals surface area contributed by atoms with Gasteiger partial charge in [-0.25, -0.2) is 0 Å². The lowest BCUT2D eigenvalue weighted by atomic mass is 10.1. The summed E-state index contributed by atoms with van der Waals surface area (Å²) in [6.07, 6.45) is 0.612.